The first-order valence-corrected chi connectivity index (χ1v) is 10.4. The van der Waals surface area contributed by atoms with Crippen LogP contribution < -0.4 is 5.73 Å². The molecule has 1 rings (SSSR count). The minimum atomic E-state index is -1.60. The second-order valence-electron chi connectivity index (χ2n) is 5.87. The average Bonchev–Trinajstić information content (AvgIpc) is 2.75. The molecule has 0 spiro atoms. The monoisotopic (exact) mass is 473 g/mol. The van der Waals surface area contributed by atoms with Gasteiger partial charge in [0.1, 0.15) is 0 Å². The van der Waals surface area contributed by atoms with E-state index in [1.54, 1.807) is 0 Å². The summed E-state index contributed by atoms with van der Waals surface area (Å²) in [4.78, 5) is 10.7. The van der Waals surface area contributed by atoms with E-state index in [9.17, 15) is 22.4 Å². The van der Waals surface area contributed by atoms with Gasteiger partial charge in [0.25, 0.3) is 0 Å². The van der Waals surface area contributed by atoms with Gasteiger partial charge in [-0.2, -0.15) is 0 Å². The molecule has 0 atom stereocenters. The first kappa shape index (κ1) is 27.8. The highest BCUT2D eigenvalue weighted by molar-refractivity contribution is 8.13. The Labute approximate surface area is 182 Å². The highest BCUT2D eigenvalue weighted by atomic mass is 32.2. The van der Waals surface area contributed by atoms with Gasteiger partial charge in [0.05, 0.1) is 71.0 Å². The van der Waals surface area contributed by atoms with Crippen LogP contribution in [0.4, 0.5) is 17.6 Å². The number of halogens is 4. The van der Waals surface area contributed by atoms with Gasteiger partial charge in [-0.1, -0.05) is 0 Å². The Morgan fingerprint density at radius 3 is 1.52 bits per heavy atom. The first-order valence-electron chi connectivity index (χ1n) is 9.59. The third-order valence-corrected chi connectivity index (χ3v) is 4.48. The molecule has 0 radical (unpaired) electrons. The molecule has 0 unspecified atom stereocenters. The minimum absolute atomic E-state index is 0.0287. The van der Waals surface area contributed by atoms with Crippen molar-refractivity contribution in [2.45, 2.75) is 11.3 Å². The summed E-state index contributed by atoms with van der Waals surface area (Å²) < 4.78 is 79.4. The summed E-state index contributed by atoms with van der Waals surface area (Å²) in [5.41, 5.74) is 5.27. The first-order chi connectivity index (χ1) is 15.0. The van der Waals surface area contributed by atoms with Crippen LogP contribution >= 0.6 is 11.8 Å². The number of rotatable bonds is 18. The molecule has 0 bridgehead atoms. The fourth-order valence-electron chi connectivity index (χ4n) is 2.03. The molecule has 1 aromatic carbocycles. The van der Waals surface area contributed by atoms with E-state index >= 15 is 0 Å². The van der Waals surface area contributed by atoms with Crippen LogP contribution in [-0.2, 0) is 28.5 Å². The predicted molar refractivity (Wildman–Crippen MR) is 105 cm³/mol. The average molecular weight is 473 g/mol. The molecular weight excluding hydrogens is 446 g/mol. The van der Waals surface area contributed by atoms with E-state index in [1.807, 2.05) is 0 Å². The number of nitrogens with two attached hydrogens (primary N) is 1. The van der Waals surface area contributed by atoms with Gasteiger partial charge in [-0.15, -0.1) is 0 Å². The van der Waals surface area contributed by atoms with E-state index in [-0.39, 0.29) is 44.1 Å². The summed E-state index contributed by atoms with van der Waals surface area (Å²) in [7, 11) is 0. The maximum absolute atomic E-state index is 13.5. The van der Waals surface area contributed by atoms with E-state index in [2.05, 4.69) is 0 Å². The second kappa shape index (κ2) is 17.3. The van der Waals surface area contributed by atoms with Gasteiger partial charge in [-0.3, -0.25) is 4.79 Å². The molecule has 0 aliphatic carbocycles. The molecule has 0 saturated carbocycles. The van der Waals surface area contributed by atoms with Gasteiger partial charge in [-0.05, 0) is 11.8 Å². The zero-order chi connectivity index (χ0) is 22.9. The number of hydrogen-bond donors (Lipinski definition) is 1. The zero-order valence-electron chi connectivity index (χ0n) is 17.0. The van der Waals surface area contributed by atoms with Crippen molar-refractivity contribution in [3.8, 4) is 0 Å². The van der Waals surface area contributed by atoms with Gasteiger partial charge in [0.15, 0.2) is 28.4 Å². The molecule has 0 saturated heterocycles. The summed E-state index contributed by atoms with van der Waals surface area (Å²) in [6.45, 7) is 3.97. The van der Waals surface area contributed by atoms with Crippen molar-refractivity contribution in [3.05, 3.63) is 29.3 Å². The number of carbonyl (C=O) groups excluding carboxylic acids is 1. The number of thioether (sulfide) groups is 1. The Hall–Kier alpha value is -1.28. The lowest BCUT2D eigenvalue weighted by molar-refractivity contribution is -0.112. The Kier molecular flexibility index (Phi) is 15.5. The van der Waals surface area contributed by atoms with Crippen LogP contribution in [0.15, 0.2) is 11.0 Å². The van der Waals surface area contributed by atoms with Gasteiger partial charge in [-0.25, -0.2) is 17.6 Å². The van der Waals surface area contributed by atoms with Crippen LogP contribution in [0.25, 0.3) is 0 Å². The fraction of sp³-hybridized carbons (Fsp3) is 0.632. The molecule has 178 valence electrons. The molecule has 2 N–H and O–H groups in total. The van der Waals surface area contributed by atoms with Crippen molar-refractivity contribution in [2.24, 2.45) is 5.73 Å². The van der Waals surface area contributed by atoms with Gasteiger partial charge in [0.2, 0.25) is 0 Å². The quantitative estimate of drug-likeness (QED) is 0.150. The lowest BCUT2D eigenvalue weighted by Gasteiger charge is -2.08. The Morgan fingerprint density at radius 2 is 1.10 bits per heavy atom. The predicted octanol–water partition coefficient (Wildman–Crippen LogP) is 2.29. The maximum atomic E-state index is 13.5. The molecule has 1 aromatic rings. The highest BCUT2D eigenvalue weighted by Gasteiger charge is 2.21. The summed E-state index contributed by atoms with van der Waals surface area (Å²) in [5, 5.41) is -0.690. The normalized spacial score (nSPS) is 11.3. The zero-order valence-corrected chi connectivity index (χ0v) is 17.8. The van der Waals surface area contributed by atoms with Crippen LogP contribution in [0, 0.1) is 23.3 Å². The summed E-state index contributed by atoms with van der Waals surface area (Å²) in [6.07, 6.45) is -0.192. The van der Waals surface area contributed by atoms with Crippen molar-refractivity contribution in [3.63, 3.8) is 0 Å². The smallest absolute Gasteiger partial charge is 0.196 e. The maximum Gasteiger partial charge on any atom is 0.196 e. The van der Waals surface area contributed by atoms with Crippen LogP contribution in [0.1, 0.15) is 6.42 Å². The van der Waals surface area contributed by atoms with E-state index in [1.165, 1.54) is 0 Å². The largest absolute Gasteiger partial charge is 0.379 e. The number of carbonyl (C=O) groups is 1. The summed E-state index contributed by atoms with van der Waals surface area (Å²) in [5.74, 6) is -6.33. The Balaban J connectivity index is 1.96. The minimum Gasteiger partial charge on any atom is -0.379 e. The van der Waals surface area contributed by atoms with Gasteiger partial charge >= 0.3 is 0 Å². The second-order valence-corrected chi connectivity index (χ2v) is 6.94. The molecule has 0 aliphatic heterocycles. The van der Waals surface area contributed by atoms with Gasteiger partial charge in [0, 0.05) is 19.0 Å². The van der Waals surface area contributed by atoms with Crippen LogP contribution in [0.3, 0.4) is 0 Å². The molecule has 0 aliphatic rings. The van der Waals surface area contributed by atoms with Crippen molar-refractivity contribution in [2.75, 3.05) is 72.6 Å². The van der Waals surface area contributed by atoms with E-state index in [0.29, 0.717) is 52.8 Å². The number of hydrogen-bond acceptors (Lipinski definition) is 8. The Bertz CT molecular complexity index is 630. The topological polar surface area (TPSA) is 89.2 Å². The van der Waals surface area contributed by atoms with E-state index < -0.39 is 33.3 Å². The molecule has 0 fully saturated rings. The molecule has 0 heterocycles. The summed E-state index contributed by atoms with van der Waals surface area (Å²) in [6, 6.07) is 0.0860. The third kappa shape index (κ3) is 12.4. The van der Waals surface area contributed by atoms with Crippen LogP contribution in [0.5, 0.6) is 0 Å². The Morgan fingerprint density at radius 1 is 0.710 bits per heavy atom. The van der Waals surface area contributed by atoms with Crippen molar-refractivity contribution < 1.29 is 46.0 Å². The van der Waals surface area contributed by atoms with Crippen molar-refractivity contribution in [1.82, 2.24) is 0 Å². The van der Waals surface area contributed by atoms with E-state index in [0.717, 1.165) is 0 Å². The van der Waals surface area contributed by atoms with Gasteiger partial charge < -0.3 is 29.4 Å². The molecule has 31 heavy (non-hydrogen) atoms. The molecule has 12 heteroatoms. The molecule has 0 amide bonds. The standard InChI is InChI=1S/C19H27F4NO6S/c20-14-13-15(21)18(23)19(17(14)22)31-16(25)1-3-26-5-7-28-9-11-30-12-10-29-8-6-27-4-2-24/h13H,1-12,24H2. The molecule has 0 aromatic heterocycles. The highest BCUT2D eigenvalue weighted by Crippen LogP contribution is 2.29. The number of ether oxygens (including phenoxy) is 5. The fourth-order valence-corrected chi connectivity index (χ4v) is 2.81. The molecule has 7 nitrogen and oxygen atoms in total. The third-order valence-electron chi connectivity index (χ3n) is 3.49. The SMILES string of the molecule is NCCOCCOCCOCCOCCOCCC(=O)Sc1c(F)c(F)cc(F)c1F. The van der Waals surface area contributed by atoms with Crippen molar-refractivity contribution >= 4 is 16.9 Å². The molecular formula is C19H27F4NO6S. The van der Waals surface area contributed by atoms with Crippen molar-refractivity contribution in [1.29, 1.82) is 0 Å². The lowest BCUT2D eigenvalue weighted by Crippen LogP contribution is -2.15. The number of benzene rings is 1. The van der Waals surface area contributed by atoms with E-state index in [4.69, 9.17) is 29.4 Å². The summed E-state index contributed by atoms with van der Waals surface area (Å²) >= 11 is 0.0939. The van der Waals surface area contributed by atoms with Crippen LogP contribution in [-0.4, -0.2) is 77.7 Å². The van der Waals surface area contributed by atoms with Crippen LogP contribution in [0.2, 0.25) is 0 Å². The lowest BCUT2D eigenvalue weighted by atomic mass is 10.3.